The Morgan fingerprint density at radius 1 is 0.739 bits per heavy atom. The quantitative estimate of drug-likeness (QED) is 0.716. The maximum absolute atomic E-state index is 14.9. The Morgan fingerprint density at radius 3 is 1.78 bits per heavy atom. The van der Waals surface area contributed by atoms with Crippen molar-refractivity contribution >= 4 is 12.9 Å². The van der Waals surface area contributed by atoms with Crippen molar-refractivity contribution in [2.75, 3.05) is 0 Å². The van der Waals surface area contributed by atoms with Crippen LogP contribution in [-0.4, -0.2) is 9.79 Å². The van der Waals surface area contributed by atoms with Crippen LogP contribution >= 0.6 is 7.60 Å². The van der Waals surface area contributed by atoms with Gasteiger partial charge in [0, 0.05) is 5.56 Å². The van der Waals surface area contributed by atoms with Crippen LogP contribution in [0.2, 0.25) is 0 Å². The second-order valence-corrected chi connectivity index (χ2v) is 6.67. The summed E-state index contributed by atoms with van der Waals surface area (Å²) in [5.41, 5.74) is 2.13. The molecule has 0 unspecified atom stereocenters. The first-order valence-electron chi connectivity index (χ1n) is 6.98. The van der Waals surface area contributed by atoms with Gasteiger partial charge in [0.2, 0.25) is 0 Å². The van der Waals surface area contributed by atoms with Gasteiger partial charge in [0.1, 0.15) is 11.1 Å². The van der Waals surface area contributed by atoms with Crippen LogP contribution in [0.3, 0.4) is 0 Å². The monoisotopic (exact) mass is 328 g/mol. The number of benzene rings is 3. The normalized spacial score (nSPS) is 11.4. The Labute approximate surface area is 133 Å². The van der Waals surface area contributed by atoms with Gasteiger partial charge >= 0.3 is 7.60 Å². The molecule has 0 saturated heterocycles. The van der Waals surface area contributed by atoms with Gasteiger partial charge in [-0.3, -0.25) is 4.57 Å². The Balaban J connectivity index is 2.34. The third kappa shape index (κ3) is 3.10. The lowest BCUT2D eigenvalue weighted by molar-refractivity contribution is 0.385. The zero-order valence-corrected chi connectivity index (χ0v) is 13.0. The lowest BCUT2D eigenvalue weighted by Gasteiger charge is -2.15. The van der Waals surface area contributed by atoms with Crippen LogP contribution in [0.4, 0.5) is 4.39 Å². The van der Waals surface area contributed by atoms with Crippen molar-refractivity contribution in [1.29, 1.82) is 0 Å². The molecule has 116 valence electrons. The van der Waals surface area contributed by atoms with Crippen LogP contribution in [0, 0.1) is 5.82 Å². The van der Waals surface area contributed by atoms with E-state index in [4.69, 9.17) is 0 Å². The van der Waals surface area contributed by atoms with Crippen molar-refractivity contribution < 1.29 is 18.7 Å². The van der Waals surface area contributed by atoms with Gasteiger partial charge in [-0.1, -0.05) is 66.7 Å². The van der Waals surface area contributed by atoms with Gasteiger partial charge in [-0.2, -0.15) is 0 Å². The first-order chi connectivity index (χ1) is 11.0. The zero-order chi connectivity index (χ0) is 16.4. The predicted molar refractivity (Wildman–Crippen MR) is 89.0 cm³/mol. The molecule has 3 aromatic rings. The summed E-state index contributed by atoms with van der Waals surface area (Å²) >= 11 is 0. The topological polar surface area (TPSA) is 57.5 Å². The lowest BCUT2D eigenvalue weighted by Crippen LogP contribution is -2.11. The summed E-state index contributed by atoms with van der Waals surface area (Å²) in [5.74, 6) is -0.883. The molecule has 0 aliphatic rings. The maximum Gasteiger partial charge on any atom is 0.359 e. The minimum Gasteiger partial charge on any atom is -0.321 e. The number of hydrogen-bond donors (Lipinski definition) is 2. The fraction of sp³-hybridized carbons (Fsp3) is 0. The second-order valence-electron chi connectivity index (χ2n) is 5.10. The largest absolute Gasteiger partial charge is 0.359 e. The van der Waals surface area contributed by atoms with E-state index in [1.807, 2.05) is 30.3 Å². The van der Waals surface area contributed by atoms with Crippen LogP contribution < -0.4 is 5.30 Å². The fourth-order valence-electron chi connectivity index (χ4n) is 2.54. The molecule has 0 saturated carbocycles. The third-order valence-electron chi connectivity index (χ3n) is 3.58. The van der Waals surface area contributed by atoms with Crippen LogP contribution in [0.5, 0.6) is 0 Å². The molecule has 0 amide bonds. The summed E-state index contributed by atoms with van der Waals surface area (Å²) in [7, 11) is -4.69. The molecule has 0 aromatic heterocycles. The highest BCUT2D eigenvalue weighted by Gasteiger charge is 2.26. The van der Waals surface area contributed by atoms with Crippen LogP contribution in [0.1, 0.15) is 0 Å². The molecule has 2 N–H and O–H groups in total. The molecule has 3 nitrogen and oxygen atoms in total. The minimum atomic E-state index is -4.69. The number of rotatable bonds is 3. The number of hydrogen-bond acceptors (Lipinski definition) is 1. The molecule has 3 aromatic carbocycles. The van der Waals surface area contributed by atoms with E-state index in [9.17, 15) is 18.7 Å². The predicted octanol–water partition coefficient (Wildman–Crippen LogP) is 3.96. The summed E-state index contributed by atoms with van der Waals surface area (Å²) in [5, 5.41) is -0.587. The van der Waals surface area contributed by atoms with Gasteiger partial charge in [-0.15, -0.1) is 0 Å². The van der Waals surface area contributed by atoms with Gasteiger partial charge in [-0.25, -0.2) is 4.39 Å². The molecule has 0 spiro atoms. The first kappa shape index (κ1) is 15.6. The SMILES string of the molecule is O=P(O)(O)c1ccc(-c2ccccc2)c(-c2ccccc2)c1F. The van der Waals surface area contributed by atoms with E-state index in [0.29, 0.717) is 11.1 Å². The average molecular weight is 328 g/mol. The molecule has 3 rings (SSSR count). The summed E-state index contributed by atoms with van der Waals surface area (Å²) in [6.07, 6.45) is 0. The van der Waals surface area contributed by atoms with Gasteiger partial charge in [0.25, 0.3) is 0 Å². The molecule has 5 heteroatoms. The van der Waals surface area contributed by atoms with Crippen LogP contribution in [0.25, 0.3) is 22.3 Å². The second kappa shape index (κ2) is 6.09. The lowest BCUT2D eigenvalue weighted by atomic mass is 9.94. The maximum atomic E-state index is 14.9. The van der Waals surface area contributed by atoms with Crippen molar-refractivity contribution in [1.82, 2.24) is 0 Å². The fourth-order valence-corrected chi connectivity index (χ4v) is 3.17. The van der Waals surface area contributed by atoms with Gasteiger partial charge < -0.3 is 9.79 Å². The number of halogens is 1. The molecule has 0 aliphatic heterocycles. The molecule has 23 heavy (non-hydrogen) atoms. The molecule has 0 heterocycles. The smallest absolute Gasteiger partial charge is 0.321 e. The Hall–Kier alpha value is -2.26. The van der Waals surface area contributed by atoms with E-state index >= 15 is 0 Å². The van der Waals surface area contributed by atoms with Crippen LogP contribution in [0.15, 0.2) is 72.8 Å². The highest BCUT2D eigenvalue weighted by Crippen LogP contribution is 2.40. The van der Waals surface area contributed by atoms with Crippen molar-refractivity contribution in [3.63, 3.8) is 0 Å². The Morgan fingerprint density at radius 2 is 1.26 bits per heavy atom. The minimum absolute atomic E-state index is 0.192. The first-order valence-corrected chi connectivity index (χ1v) is 8.59. The van der Waals surface area contributed by atoms with Gasteiger partial charge in [0.15, 0.2) is 0 Å². The van der Waals surface area contributed by atoms with E-state index in [2.05, 4.69) is 0 Å². The van der Waals surface area contributed by atoms with E-state index in [1.165, 1.54) is 0 Å². The van der Waals surface area contributed by atoms with E-state index in [-0.39, 0.29) is 5.56 Å². The van der Waals surface area contributed by atoms with E-state index in [0.717, 1.165) is 11.6 Å². The Kier molecular flexibility index (Phi) is 4.14. The summed E-state index contributed by atoms with van der Waals surface area (Å²) in [6, 6.07) is 20.6. The molecular weight excluding hydrogens is 314 g/mol. The Bertz CT molecular complexity index is 874. The van der Waals surface area contributed by atoms with Crippen LogP contribution in [-0.2, 0) is 4.57 Å². The van der Waals surface area contributed by atoms with Gasteiger partial charge in [-0.05, 0) is 22.8 Å². The standard InChI is InChI=1S/C18H14FO3P/c19-18-16(23(20,21)22)12-11-15(13-7-3-1-4-8-13)17(18)14-9-5-2-6-10-14/h1-12H,(H2,20,21,22). The van der Waals surface area contributed by atoms with E-state index in [1.54, 1.807) is 36.4 Å². The molecule has 0 aliphatic carbocycles. The molecule has 0 atom stereocenters. The summed E-state index contributed by atoms with van der Waals surface area (Å²) in [6.45, 7) is 0. The summed E-state index contributed by atoms with van der Waals surface area (Å²) < 4.78 is 26.4. The summed E-state index contributed by atoms with van der Waals surface area (Å²) in [4.78, 5) is 18.7. The molecule has 0 radical (unpaired) electrons. The zero-order valence-electron chi connectivity index (χ0n) is 12.1. The third-order valence-corrected chi connectivity index (χ3v) is 4.56. The average Bonchev–Trinajstić information content (AvgIpc) is 2.55. The highest BCUT2D eigenvalue weighted by molar-refractivity contribution is 7.60. The van der Waals surface area contributed by atoms with Crippen molar-refractivity contribution in [2.24, 2.45) is 0 Å². The van der Waals surface area contributed by atoms with Crippen molar-refractivity contribution in [3.8, 4) is 22.3 Å². The van der Waals surface area contributed by atoms with E-state index < -0.39 is 18.7 Å². The van der Waals surface area contributed by atoms with Crippen molar-refractivity contribution in [3.05, 3.63) is 78.6 Å². The van der Waals surface area contributed by atoms with Gasteiger partial charge in [0.05, 0.1) is 0 Å². The van der Waals surface area contributed by atoms with Crippen molar-refractivity contribution in [2.45, 2.75) is 0 Å². The highest BCUT2D eigenvalue weighted by atomic mass is 31.2. The molecular formula is C18H14FO3P. The molecule has 0 bridgehead atoms. The molecule has 0 fully saturated rings.